The topological polar surface area (TPSA) is 52.6 Å². The number of para-hydroxylation sites is 4. The lowest BCUT2D eigenvalue weighted by Crippen LogP contribution is -2.12. The number of hydrogen-bond acceptors (Lipinski definition) is 4. The minimum atomic E-state index is -0.299. The molecule has 0 radical (unpaired) electrons. The van der Waals surface area contributed by atoms with Gasteiger partial charge in [-0.05, 0) is 48.5 Å². The van der Waals surface area contributed by atoms with Gasteiger partial charge in [-0.25, -0.2) is 0 Å². The van der Waals surface area contributed by atoms with Gasteiger partial charge < -0.3 is 9.47 Å². The van der Waals surface area contributed by atoms with Gasteiger partial charge in [0.05, 0.1) is 11.1 Å². The molecule has 0 spiro atoms. The van der Waals surface area contributed by atoms with Gasteiger partial charge in [-0.2, -0.15) is 0 Å². The van der Waals surface area contributed by atoms with Gasteiger partial charge in [0.2, 0.25) is 0 Å². The first-order chi connectivity index (χ1) is 17.7. The summed E-state index contributed by atoms with van der Waals surface area (Å²) in [6.45, 7) is 0. The predicted molar refractivity (Wildman–Crippen MR) is 139 cm³/mol. The highest BCUT2D eigenvalue weighted by Crippen LogP contribution is 2.31. The van der Waals surface area contributed by atoms with Crippen LogP contribution in [0.25, 0.3) is 0 Å². The number of ether oxygens (including phenoxy) is 2. The molecule has 0 aromatic heterocycles. The fourth-order valence-corrected chi connectivity index (χ4v) is 3.89. The van der Waals surface area contributed by atoms with Crippen LogP contribution in [-0.2, 0) is 0 Å². The zero-order valence-electron chi connectivity index (χ0n) is 19.3. The van der Waals surface area contributed by atoms with Crippen LogP contribution < -0.4 is 9.47 Å². The van der Waals surface area contributed by atoms with Gasteiger partial charge >= 0.3 is 0 Å². The fourth-order valence-electron chi connectivity index (χ4n) is 3.89. The van der Waals surface area contributed by atoms with Crippen molar-refractivity contribution in [3.05, 3.63) is 156 Å². The molecule has 5 rings (SSSR count). The Labute approximate surface area is 209 Å². The summed E-state index contributed by atoms with van der Waals surface area (Å²) in [7, 11) is 0. The molecule has 0 bridgehead atoms. The Balaban J connectivity index is 1.50. The van der Waals surface area contributed by atoms with E-state index in [2.05, 4.69) is 0 Å². The van der Waals surface area contributed by atoms with E-state index in [0.717, 1.165) is 0 Å². The Kier molecular flexibility index (Phi) is 6.68. The lowest BCUT2D eigenvalue weighted by atomic mass is 9.92. The van der Waals surface area contributed by atoms with Gasteiger partial charge in [0.15, 0.2) is 11.6 Å². The number of hydrogen-bond donors (Lipinski definition) is 0. The second-order valence-corrected chi connectivity index (χ2v) is 8.03. The summed E-state index contributed by atoms with van der Waals surface area (Å²) in [6, 6.07) is 39.4. The Morgan fingerprint density at radius 3 is 1.06 bits per heavy atom. The molecule has 0 N–H and O–H groups in total. The Morgan fingerprint density at radius 2 is 0.667 bits per heavy atom. The molecule has 36 heavy (non-hydrogen) atoms. The Bertz CT molecular complexity index is 1390. The highest BCUT2D eigenvalue weighted by atomic mass is 16.5. The van der Waals surface area contributed by atoms with E-state index in [1.165, 1.54) is 0 Å². The summed E-state index contributed by atoms with van der Waals surface area (Å²) in [5, 5.41) is 0. The summed E-state index contributed by atoms with van der Waals surface area (Å²) in [6.07, 6.45) is 0. The molecule has 5 aromatic rings. The van der Waals surface area contributed by atoms with Crippen LogP contribution in [0.4, 0.5) is 0 Å². The number of carbonyl (C=O) groups is 2. The lowest BCUT2D eigenvalue weighted by Gasteiger charge is -2.14. The van der Waals surface area contributed by atoms with Gasteiger partial charge in [0.25, 0.3) is 0 Å². The van der Waals surface area contributed by atoms with Crippen LogP contribution in [0.5, 0.6) is 23.0 Å². The first kappa shape index (κ1) is 22.8. The maximum absolute atomic E-state index is 13.7. The van der Waals surface area contributed by atoms with E-state index in [1.54, 1.807) is 60.7 Å². The predicted octanol–water partition coefficient (Wildman–Crippen LogP) is 7.73. The van der Waals surface area contributed by atoms with Crippen LogP contribution >= 0.6 is 0 Å². The summed E-state index contributed by atoms with van der Waals surface area (Å²) in [5.74, 6) is 1.48. The van der Waals surface area contributed by atoms with Crippen molar-refractivity contribution in [3.63, 3.8) is 0 Å². The van der Waals surface area contributed by atoms with Gasteiger partial charge in [-0.15, -0.1) is 0 Å². The third kappa shape index (κ3) is 4.93. The van der Waals surface area contributed by atoms with Crippen molar-refractivity contribution < 1.29 is 19.1 Å². The number of carbonyl (C=O) groups excluding carboxylic acids is 2. The SMILES string of the molecule is O=C(c1ccccc1Oc1ccccc1)c1ccccc1C(=O)c1ccccc1Oc1ccccc1. The van der Waals surface area contributed by atoms with E-state index in [-0.39, 0.29) is 11.6 Å². The third-order valence-corrected chi connectivity index (χ3v) is 5.62. The molecule has 5 aromatic carbocycles. The largest absolute Gasteiger partial charge is 0.457 e. The molecule has 0 unspecified atom stereocenters. The van der Waals surface area contributed by atoms with E-state index in [9.17, 15) is 9.59 Å². The van der Waals surface area contributed by atoms with Gasteiger partial charge in [-0.1, -0.05) is 84.9 Å². The summed E-state index contributed by atoms with van der Waals surface area (Å²) in [4.78, 5) is 27.5. The molecule has 0 atom stereocenters. The standard InChI is InChI=1S/C32H22O4/c33-31(27-19-9-11-21-29(27)35-23-13-3-1-4-14-23)25-17-7-8-18-26(25)32(34)28-20-10-12-22-30(28)36-24-15-5-2-6-16-24/h1-22H. The molecule has 0 amide bonds. The average Bonchev–Trinajstić information content (AvgIpc) is 2.94. The normalized spacial score (nSPS) is 10.4. The van der Waals surface area contributed by atoms with Crippen LogP contribution in [-0.4, -0.2) is 11.6 Å². The molecule has 174 valence electrons. The molecular formula is C32H22O4. The highest BCUT2D eigenvalue weighted by Gasteiger charge is 2.23. The first-order valence-electron chi connectivity index (χ1n) is 11.5. The van der Waals surface area contributed by atoms with Crippen molar-refractivity contribution in [2.75, 3.05) is 0 Å². The molecule has 0 saturated heterocycles. The molecule has 0 aliphatic rings. The molecule has 0 saturated carbocycles. The van der Waals surface area contributed by atoms with E-state index >= 15 is 0 Å². The number of ketones is 2. The molecule has 4 heteroatoms. The van der Waals surface area contributed by atoms with E-state index in [4.69, 9.17) is 9.47 Å². The maximum Gasteiger partial charge on any atom is 0.197 e. The van der Waals surface area contributed by atoms with Crippen molar-refractivity contribution in [3.8, 4) is 23.0 Å². The smallest absolute Gasteiger partial charge is 0.197 e. The third-order valence-electron chi connectivity index (χ3n) is 5.62. The number of rotatable bonds is 8. The molecule has 0 aliphatic carbocycles. The first-order valence-corrected chi connectivity index (χ1v) is 11.5. The number of benzene rings is 5. The van der Waals surface area contributed by atoms with E-state index in [0.29, 0.717) is 45.3 Å². The van der Waals surface area contributed by atoms with Crippen LogP contribution in [0.2, 0.25) is 0 Å². The molecule has 0 aliphatic heterocycles. The second kappa shape index (κ2) is 10.5. The minimum absolute atomic E-state index is 0.293. The van der Waals surface area contributed by atoms with Crippen LogP contribution in [0.1, 0.15) is 31.8 Å². The summed E-state index contributed by atoms with van der Waals surface area (Å²) >= 11 is 0. The second-order valence-electron chi connectivity index (χ2n) is 8.03. The quantitative estimate of drug-likeness (QED) is 0.218. The van der Waals surface area contributed by atoms with E-state index < -0.39 is 0 Å². The van der Waals surface area contributed by atoms with Crippen molar-refractivity contribution >= 4 is 11.6 Å². The lowest BCUT2D eigenvalue weighted by molar-refractivity contribution is 0.100. The summed E-state index contributed by atoms with van der Waals surface area (Å²) < 4.78 is 12.0. The van der Waals surface area contributed by atoms with Crippen molar-refractivity contribution in [2.45, 2.75) is 0 Å². The van der Waals surface area contributed by atoms with Crippen molar-refractivity contribution in [2.24, 2.45) is 0 Å². The van der Waals surface area contributed by atoms with Crippen molar-refractivity contribution in [1.29, 1.82) is 0 Å². The zero-order chi connectivity index (χ0) is 24.7. The van der Waals surface area contributed by atoms with E-state index in [1.807, 2.05) is 72.8 Å². The Morgan fingerprint density at radius 1 is 0.361 bits per heavy atom. The molecule has 0 fully saturated rings. The Hall–Kier alpha value is -4.96. The summed E-state index contributed by atoms with van der Waals surface area (Å²) in [5.41, 5.74) is 1.33. The molecule has 0 heterocycles. The molecular weight excluding hydrogens is 448 g/mol. The highest BCUT2D eigenvalue weighted by molar-refractivity contribution is 6.21. The fraction of sp³-hybridized carbons (Fsp3) is 0. The van der Waals surface area contributed by atoms with Crippen LogP contribution in [0.15, 0.2) is 133 Å². The van der Waals surface area contributed by atoms with Gasteiger partial charge in [0.1, 0.15) is 23.0 Å². The zero-order valence-corrected chi connectivity index (χ0v) is 19.3. The van der Waals surface area contributed by atoms with Gasteiger partial charge in [-0.3, -0.25) is 9.59 Å². The molecule has 4 nitrogen and oxygen atoms in total. The monoisotopic (exact) mass is 470 g/mol. The van der Waals surface area contributed by atoms with Gasteiger partial charge in [0, 0.05) is 11.1 Å². The van der Waals surface area contributed by atoms with Crippen LogP contribution in [0.3, 0.4) is 0 Å². The average molecular weight is 471 g/mol. The maximum atomic E-state index is 13.7. The van der Waals surface area contributed by atoms with Crippen molar-refractivity contribution in [1.82, 2.24) is 0 Å². The minimum Gasteiger partial charge on any atom is -0.457 e. The van der Waals surface area contributed by atoms with Crippen LogP contribution in [0, 0.1) is 0 Å².